The summed E-state index contributed by atoms with van der Waals surface area (Å²) in [7, 11) is 0. The Morgan fingerprint density at radius 1 is 0.955 bits per heavy atom. The lowest BCUT2D eigenvalue weighted by atomic mass is 10.1. The van der Waals surface area contributed by atoms with Gasteiger partial charge in [-0.2, -0.15) is 5.01 Å². The van der Waals surface area contributed by atoms with Crippen LogP contribution in [-0.4, -0.2) is 26.2 Å². The molecule has 0 saturated carbocycles. The molecule has 0 N–H and O–H groups in total. The fraction of sp³-hybridized carbons (Fsp3) is 0.0625. The number of benzene rings is 2. The van der Waals surface area contributed by atoms with Gasteiger partial charge in [0, 0.05) is 0 Å². The third kappa shape index (κ3) is 2.51. The maximum atomic E-state index is 12.5. The van der Waals surface area contributed by atoms with Crippen molar-refractivity contribution in [2.45, 2.75) is 6.54 Å². The molecule has 4 nitrogen and oxygen atoms in total. The summed E-state index contributed by atoms with van der Waals surface area (Å²) in [5.41, 5.74) is 1.70. The molecule has 1 aliphatic rings. The number of imide groups is 1. The third-order valence-electron chi connectivity index (χ3n) is 3.41. The number of thiol groups is 1. The van der Waals surface area contributed by atoms with E-state index in [1.807, 2.05) is 30.3 Å². The SMILES string of the molecule is O=C1c2ccccc2C(=O)N1N(Cc1ccccc1)C(=S)S. The minimum Gasteiger partial charge on any atom is -0.267 e. The van der Waals surface area contributed by atoms with Crippen LogP contribution in [0.5, 0.6) is 0 Å². The van der Waals surface area contributed by atoms with E-state index < -0.39 is 0 Å². The van der Waals surface area contributed by atoms with Crippen molar-refractivity contribution >= 4 is 41.0 Å². The topological polar surface area (TPSA) is 40.6 Å². The van der Waals surface area contributed by atoms with Crippen molar-refractivity contribution in [3.8, 4) is 0 Å². The Labute approximate surface area is 138 Å². The molecule has 1 aliphatic heterocycles. The zero-order valence-corrected chi connectivity index (χ0v) is 13.2. The zero-order chi connectivity index (χ0) is 15.7. The van der Waals surface area contributed by atoms with Gasteiger partial charge < -0.3 is 0 Å². The second-order valence-electron chi connectivity index (χ2n) is 4.79. The smallest absolute Gasteiger partial charge is 0.267 e. The summed E-state index contributed by atoms with van der Waals surface area (Å²) in [6.07, 6.45) is 0. The Hall–Kier alpha value is -2.18. The van der Waals surface area contributed by atoms with Gasteiger partial charge in [-0.05, 0) is 17.7 Å². The molecule has 0 radical (unpaired) electrons. The monoisotopic (exact) mass is 328 g/mol. The summed E-state index contributed by atoms with van der Waals surface area (Å²) in [6, 6.07) is 16.2. The number of rotatable bonds is 3. The van der Waals surface area contributed by atoms with Crippen LogP contribution < -0.4 is 0 Å². The lowest BCUT2D eigenvalue weighted by Gasteiger charge is -2.30. The normalized spacial score (nSPS) is 13.2. The molecule has 110 valence electrons. The first-order valence-electron chi connectivity index (χ1n) is 6.61. The van der Waals surface area contributed by atoms with Crippen LogP contribution in [0.2, 0.25) is 0 Å². The molecule has 0 bridgehead atoms. The van der Waals surface area contributed by atoms with Gasteiger partial charge in [0.05, 0.1) is 17.7 Å². The number of hydrogen-bond donors (Lipinski definition) is 1. The summed E-state index contributed by atoms with van der Waals surface area (Å²) in [5.74, 6) is -0.763. The van der Waals surface area contributed by atoms with Crippen molar-refractivity contribution in [1.82, 2.24) is 10.0 Å². The van der Waals surface area contributed by atoms with E-state index >= 15 is 0 Å². The predicted octanol–water partition coefficient (Wildman–Crippen LogP) is 2.91. The molecule has 0 saturated heterocycles. The summed E-state index contributed by atoms with van der Waals surface area (Å²) in [6.45, 7) is 0.300. The van der Waals surface area contributed by atoms with E-state index in [1.54, 1.807) is 24.3 Å². The second-order valence-corrected chi connectivity index (χ2v) is 5.91. The molecular weight excluding hydrogens is 316 g/mol. The number of amides is 2. The molecule has 2 aromatic carbocycles. The van der Waals surface area contributed by atoms with Crippen LogP contribution in [0.25, 0.3) is 0 Å². The highest BCUT2D eigenvalue weighted by Crippen LogP contribution is 2.26. The minimum absolute atomic E-state index is 0.165. The van der Waals surface area contributed by atoms with Crippen molar-refractivity contribution in [3.05, 3.63) is 71.3 Å². The summed E-state index contributed by atoms with van der Waals surface area (Å²) >= 11 is 9.28. The van der Waals surface area contributed by atoms with Crippen molar-refractivity contribution in [1.29, 1.82) is 0 Å². The van der Waals surface area contributed by atoms with Crippen molar-refractivity contribution in [2.24, 2.45) is 0 Å². The first-order valence-corrected chi connectivity index (χ1v) is 7.47. The quantitative estimate of drug-likeness (QED) is 0.534. The molecule has 0 fully saturated rings. The van der Waals surface area contributed by atoms with Gasteiger partial charge in [-0.15, -0.1) is 12.6 Å². The fourth-order valence-electron chi connectivity index (χ4n) is 2.38. The van der Waals surface area contributed by atoms with Crippen molar-refractivity contribution < 1.29 is 9.59 Å². The molecule has 0 aromatic heterocycles. The largest absolute Gasteiger partial charge is 0.280 e. The standard InChI is InChI=1S/C16H12N2O2S2/c19-14-12-8-4-5-9-13(12)15(20)18(14)17(16(21)22)10-11-6-2-1-3-7-11/h1-9H,10H2,(H,21,22). The van der Waals surface area contributed by atoms with E-state index in [0.29, 0.717) is 17.7 Å². The maximum Gasteiger partial charge on any atom is 0.280 e. The maximum absolute atomic E-state index is 12.5. The Kier molecular flexibility index (Phi) is 3.96. The zero-order valence-electron chi connectivity index (χ0n) is 11.5. The van der Waals surface area contributed by atoms with E-state index in [2.05, 4.69) is 12.6 Å². The highest BCUT2D eigenvalue weighted by atomic mass is 32.1. The van der Waals surface area contributed by atoms with E-state index in [4.69, 9.17) is 12.2 Å². The van der Waals surface area contributed by atoms with Crippen LogP contribution in [0, 0.1) is 0 Å². The molecule has 2 aromatic rings. The Bertz CT molecular complexity index is 727. The number of fused-ring (bicyclic) bond motifs is 1. The average molecular weight is 328 g/mol. The van der Waals surface area contributed by atoms with Gasteiger partial charge in [0.1, 0.15) is 0 Å². The molecule has 0 aliphatic carbocycles. The summed E-state index contributed by atoms with van der Waals surface area (Å²) in [5, 5.41) is 2.48. The lowest BCUT2D eigenvalue weighted by molar-refractivity contribution is 0.0290. The van der Waals surface area contributed by atoms with Crippen LogP contribution in [0.1, 0.15) is 26.3 Å². The van der Waals surface area contributed by atoms with Crippen molar-refractivity contribution in [2.75, 3.05) is 0 Å². The molecule has 1 heterocycles. The first kappa shape index (κ1) is 14.7. The van der Waals surface area contributed by atoms with Crippen LogP contribution in [0.15, 0.2) is 54.6 Å². The lowest BCUT2D eigenvalue weighted by Crippen LogP contribution is -2.47. The Morgan fingerprint density at radius 3 is 1.95 bits per heavy atom. The molecular formula is C16H12N2O2S2. The highest BCUT2D eigenvalue weighted by Gasteiger charge is 2.39. The molecule has 6 heteroatoms. The molecule has 22 heavy (non-hydrogen) atoms. The fourth-order valence-corrected chi connectivity index (χ4v) is 2.68. The van der Waals surface area contributed by atoms with Gasteiger partial charge in [0.15, 0.2) is 4.32 Å². The van der Waals surface area contributed by atoms with Crippen molar-refractivity contribution in [3.63, 3.8) is 0 Å². The van der Waals surface area contributed by atoms with E-state index in [0.717, 1.165) is 10.6 Å². The number of hydrogen-bond acceptors (Lipinski definition) is 3. The summed E-state index contributed by atoms with van der Waals surface area (Å²) < 4.78 is 0.165. The number of thiocarbonyl (C=S) groups is 1. The second kappa shape index (κ2) is 5.90. The number of hydrazine groups is 1. The first-order chi connectivity index (χ1) is 10.6. The minimum atomic E-state index is -0.382. The van der Waals surface area contributed by atoms with Gasteiger partial charge in [0.25, 0.3) is 11.8 Å². The molecule has 0 unspecified atom stereocenters. The summed E-state index contributed by atoms with van der Waals surface area (Å²) in [4.78, 5) is 25.0. The number of carbonyl (C=O) groups is 2. The van der Waals surface area contributed by atoms with Gasteiger partial charge in [0.2, 0.25) is 0 Å². The average Bonchev–Trinajstić information content (AvgIpc) is 2.78. The predicted molar refractivity (Wildman–Crippen MR) is 90.5 cm³/mol. The molecule has 0 atom stereocenters. The van der Waals surface area contributed by atoms with Gasteiger partial charge >= 0.3 is 0 Å². The van der Waals surface area contributed by atoms with E-state index in [1.165, 1.54) is 5.01 Å². The molecule has 3 rings (SSSR count). The Balaban J connectivity index is 1.95. The third-order valence-corrected chi connectivity index (χ3v) is 3.85. The number of carbonyl (C=O) groups excluding carboxylic acids is 2. The Morgan fingerprint density at radius 2 is 1.45 bits per heavy atom. The molecule has 0 spiro atoms. The molecule has 2 amide bonds. The number of nitrogens with zero attached hydrogens (tertiary/aromatic N) is 2. The van der Waals surface area contributed by atoms with Crippen LogP contribution in [0.4, 0.5) is 0 Å². The van der Waals surface area contributed by atoms with Gasteiger partial charge in [-0.3, -0.25) is 14.6 Å². The highest BCUT2D eigenvalue weighted by molar-refractivity contribution is 8.10. The van der Waals surface area contributed by atoms with E-state index in [9.17, 15) is 9.59 Å². The van der Waals surface area contributed by atoms with Gasteiger partial charge in [-0.1, -0.05) is 54.7 Å². The van der Waals surface area contributed by atoms with Crippen LogP contribution >= 0.6 is 24.8 Å². The van der Waals surface area contributed by atoms with Gasteiger partial charge in [-0.25, -0.2) is 0 Å². The van der Waals surface area contributed by atoms with E-state index in [-0.39, 0.29) is 16.1 Å². The van der Waals surface area contributed by atoms with Crippen LogP contribution in [-0.2, 0) is 6.54 Å². The van der Waals surface area contributed by atoms with Crippen LogP contribution in [0.3, 0.4) is 0 Å².